The molecule has 0 amide bonds. The van der Waals surface area contributed by atoms with Crippen LogP contribution in [-0.4, -0.2) is 0 Å². The summed E-state index contributed by atoms with van der Waals surface area (Å²) in [5, 5.41) is 0.722. The van der Waals surface area contributed by atoms with Gasteiger partial charge in [-0.3, -0.25) is 0 Å². The molecule has 1 aromatic heterocycles. The number of nitrogens with two attached hydrogens (primary N) is 1. The summed E-state index contributed by atoms with van der Waals surface area (Å²) in [5.74, 6) is 0. The normalized spacial score (nSPS) is 10.4. The van der Waals surface area contributed by atoms with Crippen molar-refractivity contribution in [1.82, 2.24) is 0 Å². The van der Waals surface area contributed by atoms with Gasteiger partial charge < -0.3 is 5.73 Å². The Morgan fingerprint density at radius 2 is 2.00 bits per heavy atom. The lowest BCUT2D eigenvalue weighted by atomic mass is 10.1. The number of thiophene rings is 1. The van der Waals surface area contributed by atoms with Crippen LogP contribution in [0.2, 0.25) is 5.02 Å². The maximum absolute atomic E-state index is 5.92. The van der Waals surface area contributed by atoms with Gasteiger partial charge in [-0.1, -0.05) is 11.6 Å². The van der Waals surface area contributed by atoms with E-state index in [0.29, 0.717) is 0 Å². The van der Waals surface area contributed by atoms with E-state index in [1.54, 1.807) is 17.4 Å². The number of rotatable bonds is 1. The van der Waals surface area contributed by atoms with Crippen LogP contribution < -0.4 is 5.73 Å². The van der Waals surface area contributed by atoms with Gasteiger partial charge in [0.25, 0.3) is 0 Å². The number of halogens is 1. The molecule has 0 unspecified atom stereocenters. The second kappa shape index (κ2) is 3.64. The predicted molar refractivity (Wildman–Crippen MR) is 63.9 cm³/mol. The predicted octanol–water partition coefficient (Wildman–Crippen LogP) is 3.96. The average Bonchev–Trinajstić information content (AvgIpc) is 2.56. The van der Waals surface area contributed by atoms with Gasteiger partial charge in [0.2, 0.25) is 0 Å². The van der Waals surface area contributed by atoms with Gasteiger partial charge in [0, 0.05) is 26.0 Å². The smallest absolute Gasteiger partial charge is 0.0413 e. The topological polar surface area (TPSA) is 26.0 Å². The monoisotopic (exact) mass is 223 g/mol. The van der Waals surface area contributed by atoms with E-state index in [9.17, 15) is 0 Å². The third-order valence-electron chi connectivity index (χ3n) is 2.02. The number of aryl methyl sites for hydroxylation is 1. The Morgan fingerprint density at radius 1 is 1.21 bits per heavy atom. The van der Waals surface area contributed by atoms with E-state index in [1.807, 2.05) is 12.1 Å². The molecule has 0 aliphatic carbocycles. The van der Waals surface area contributed by atoms with Gasteiger partial charge in [0.05, 0.1) is 0 Å². The highest BCUT2D eigenvalue weighted by molar-refractivity contribution is 7.15. The molecule has 0 aliphatic heterocycles. The first kappa shape index (κ1) is 9.56. The summed E-state index contributed by atoms with van der Waals surface area (Å²) in [6.45, 7) is 2.08. The fraction of sp³-hybridized carbons (Fsp3) is 0.0909. The first-order valence-corrected chi connectivity index (χ1v) is 5.48. The quantitative estimate of drug-likeness (QED) is 0.728. The molecule has 0 saturated heterocycles. The molecule has 1 aromatic carbocycles. The SMILES string of the molecule is Cc1ccc(-c2cc(Cl)ccc2N)s1. The molecule has 72 valence electrons. The van der Waals surface area contributed by atoms with E-state index < -0.39 is 0 Å². The first-order chi connectivity index (χ1) is 6.66. The van der Waals surface area contributed by atoms with E-state index in [1.165, 1.54) is 9.75 Å². The zero-order valence-corrected chi connectivity index (χ0v) is 9.32. The summed E-state index contributed by atoms with van der Waals surface area (Å²) in [4.78, 5) is 2.45. The second-order valence-corrected chi connectivity index (χ2v) is 4.87. The van der Waals surface area contributed by atoms with E-state index in [-0.39, 0.29) is 0 Å². The molecule has 14 heavy (non-hydrogen) atoms. The van der Waals surface area contributed by atoms with Crippen molar-refractivity contribution in [3.63, 3.8) is 0 Å². The molecular formula is C11H10ClNS. The van der Waals surface area contributed by atoms with Gasteiger partial charge in [-0.25, -0.2) is 0 Å². The van der Waals surface area contributed by atoms with Gasteiger partial charge >= 0.3 is 0 Å². The van der Waals surface area contributed by atoms with Gasteiger partial charge in [-0.2, -0.15) is 0 Å². The molecule has 0 fully saturated rings. The highest BCUT2D eigenvalue weighted by Crippen LogP contribution is 2.33. The number of benzene rings is 1. The van der Waals surface area contributed by atoms with Crippen LogP contribution in [-0.2, 0) is 0 Å². The van der Waals surface area contributed by atoms with Crippen LogP contribution in [0.25, 0.3) is 10.4 Å². The fourth-order valence-corrected chi connectivity index (χ4v) is 2.40. The van der Waals surface area contributed by atoms with Crippen molar-refractivity contribution in [2.24, 2.45) is 0 Å². The number of anilines is 1. The molecule has 0 saturated carbocycles. The minimum atomic E-state index is 0.722. The summed E-state index contributed by atoms with van der Waals surface area (Å²) in [5.41, 5.74) is 7.68. The van der Waals surface area contributed by atoms with Crippen molar-refractivity contribution in [2.75, 3.05) is 5.73 Å². The van der Waals surface area contributed by atoms with E-state index in [0.717, 1.165) is 16.3 Å². The zero-order chi connectivity index (χ0) is 10.1. The molecule has 0 aliphatic rings. The van der Waals surface area contributed by atoms with Crippen LogP contribution in [0.15, 0.2) is 30.3 Å². The summed E-state index contributed by atoms with van der Waals surface area (Å²) >= 11 is 7.65. The molecule has 2 rings (SSSR count). The first-order valence-electron chi connectivity index (χ1n) is 4.28. The standard InChI is InChI=1S/C11H10ClNS/c1-7-2-5-11(14-7)9-6-8(12)3-4-10(9)13/h2-6H,13H2,1H3. The van der Waals surface area contributed by atoms with Crippen molar-refractivity contribution in [3.05, 3.63) is 40.2 Å². The van der Waals surface area contributed by atoms with Crippen LogP contribution in [0.3, 0.4) is 0 Å². The zero-order valence-electron chi connectivity index (χ0n) is 7.75. The summed E-state index contributed by atoms with van der Waals surface area (Å²) < 4.78 is 0. The Kier molecular flexibility index (Phi) is 2.48. The number of hydrogen-bond donors (Lipinski definition) is 1. The van der Waals surface area contributed by atoms with E-state index in [2.05, 4.69) is 19.1 Å². The molecule has 0 bridgehead atoms. The Labute approximate surface area is 92.1 Å². The van der Waals surface area contributed by atoms with Crippen LogP contribution in [0.1, 0.15) is 4.88 Å². The van der Waals surface area contributed by atoms with Crippen LogP contribution >= 0.6 is 22.9 Å². The molecule has 0 spiro atoms. The molecule has 3 heteroatoms. The largest absolute Gasteiger partial charge is 0.398 e. The molecule has 0 radical (unpaired) electrons. The van der Waals surface area contributed by atoms with Crippen LogP contribution in [0.5, 0.6) is 0 Å². The summed E-state index contributed by atoms with van der Waals surface area (Å²) in [6, 6.07) is 9.71. The second-order valence-electron chi connectivity index (χ2n) is 3.14. The maximum Gasteiger partial charge on any atom is 0.0413 e. The van der Waals surface area contributed by atoms with E-state index in [4.69, 9.17) is 17.3 Å². The van der Waals surface area contributed by atoms with Crippen molar-refractivity contribution < 1.29 is 0 Å². The maximum atomic E-state index is 5.92. The van der Waals surface area contributed by atoms with Crippen molar-refractivity contribution >= 4 is 28.6 Å². The van der Waals surface area contributed by atoms with E-state index >= 15 is 0 Å². The van der Waals surface area contributed by atoms with Gasteiger partial charge in [-0.05, 0) is 37.3 Å². The highest BCUT2D eigenvalue weighted by atomic mass is 35.5. The lowest BCUT2D eigenvalue weighted by molar-refractivity contribution is 1.64. The summed E-state index contributed by atoms with van der Waals surface area (Å²) in [6.07, 6.45) is 0. The third kappa shape index (κ3) is 1.76. The van der Waals surface area contributed by atoms with Gasteiger partial charge in [0.1, 0.15) is 0 Å². The van der Waals surface area contributed by atoms with Crippen molar-refractivity contribution in [1.29, 1.82) is 0 Å². The Balaban J connectivity index is 2.55. The lowest BCUT2D eigenvalue weighted by Crippen LogP contribution is -1.87. The molecule has 1 nitrogen and oxygen atoms in total. The van der Waals surface area contributed by atoms with Crippen LogP contribution in [0, 0.1) is 6.92 Å². The molecular weight excluding hydrogens is 214 g/mol. The average molecular weight is 224 g/mol. The third-order valence-corrected chi connectivity index (χ3v) is 3.29. The molecule has 0 atom stereocenters. The fourth-order valence-electron chi connectivity index (χ4n) is 1.32. The lowest BCUT2D eigenvalue weighted by Gasteiger charge is -2.02. The Morgan fingerprint density at radius 3 is 2.64 bits per heavy atom. The molecule has 2 aromatic rings. The molecule has 1 heterocycles. The van der Waals surface area contributed by atoms with Crippen molar-refractivity contribution in [2.45, 2.75) is 6.92 Å². The number of hydrogen-bond acceptors (Lipinski definition) is 2. The van der Waals surface area contributed by atoms with Gasteiger partial charge in [0.15, 0.2) is 0 Å². The Bertz CT molecular complexity index is 462. The molecule has 2 N–H and O–H groups in total. The van der Waals surface area contributed by atoms with Crippen LogP contribution in [0.4, 0.5) is 5.69 Å². The van der Waals surface area contributed by atoms with Gasteiger partial charge in [-0.15, -0.1) is 11.3 Å². The highest BCUT2D eigenvalue weighted by Gasteiger charge is 2.05. The minimum Gasteiger partial charge on any atom is -0.398 e. The summed E-state index contributed by atoms with van der Waals surface area (Å²) in [7, 11) is 0. The number of nitrogen functional groups attached to an aromatic ring is 1. The Hall–Kier alpha value is -0.990. The van der Waals surface area contributed by atoms with Crippen molar-refractivity contribution in [3.8, 4) is 10.4 Å². The minimum absolute atomic E-state index is 0.722.